The van der Waals surface area contributed by atoms with E-state index in [1.165, 1.54) is 6.92 Å². The molecular weight excluding hydrogens is 530 g/mol. The van der Waals surface area contributed by atoms with Gasteiger partial charge in [-0.15, -0.1) is 0 Å². The minimum absolute atomic E-state index is 0.00583. The van der Waals surface area contributed by atoms with E-state index in [1.54, 1.807) is 36.0 Å². The highest BCUT2D eigenvalue weighted by Gasteiger charge is 2.53. The van der Waals surface area contributed by atoms with Crippen LogP contribution < -0.4 is 4.90 Å². The Labute approximate surface area is 238 Å². The van der Waals surface area contributed by atoms with E-state index in [2.05, 4.69) is 21.7 Å². The molecule has 10 heteroatoms. The highest BCUT2D eigenvalue weighted by molar-refractivity contribution is 6.31. The summed E-state index contributed by atoms with van der Waals surface area (Å²) in [6, 6.07) is 11.9. The summed E-state index contributed by atoms with van der Waals surface area (Å²) < 4.78 is 7.43. The van der Waals surface area contributed by atoms with Crippen LogP contribution in [0.1, 0.15) is 57.7 Å². The zero-order valence-electron chi connectivity index (χ0n) is 22.9. The van der Waals surface area contributed by atoms with E-state index in [9.17, 15) is 14.4 Å². The van der Waals surface area contributed by atoms with Gasteiger partial charge in [0, 0.05) is 60.8 Å². The van der Waals surface area contributed by atoms with E-state index in [-0.39, 0.29) is 11.8 Å². The molecule has 2 aliphatic rings. The largest absolute Gasteiger partial charge is 0.450 e. The molecule has 0 bridgehead atoms. The standard InChI is InChI=1S/C30H32ClN5O4/c1-20(37)40-29(2,3)27(38)34-14-9-30(10-15-34)24-8-12-33-18-26(24)36(28(30)39)19-23-17-21-16-22(31)6-7-25(21)35(23)13-5-4-11-32/h6-8,12,16-18H,4-5,9-10,13-15,19H2,1-3H3. The molecule has 2 aliphatic heterocycles. The van der Waals surface area contributed by atoms with Crippen molar-refractivity contribution in [2.75, 3.05) is 18.0 Å². The summed E-state index contributed by atoms with van der Waals surface area (Å²) in [5, 5.41) is 10.7. The fourth-order valence-electron chi connectivity index (χ4n) is 6.18. The first-order valence-corrected chi connectivity index (χ1v) is 13.9. The lowest BCUT2D eigenvalue weighted by atomic mass is 9.73. The summed E-state index contributed by atoms with van der Waals surface area (Å²) >= 11 is 6.27. The molecule has 1 aromatic carbocycles. The topological polar surface area (TPSA) is 109 Å². The maximum atomic E-state index is 14.3. The number of piperidine rings is 1. The van der Waals surface area contributed by atoms with Gasteiger partial charge in [0.1, 0.15) is 0 Å². The Morgan fingerprint density at radius 1 is 1.20 bits per heavy atom. The van der Waals surface area contributed by atoms with Crippen LogP contribution in [0.4, 0.5) is 5.69 Å². The van der Waals surface area contributed by atoms with Crippen molar-refractivity contribution in [2.24, 2.45) is 0 Å². The molecule has 5 rings (SSSR count). The van der Waals surface area contributed by atoms with Gasteiger partial charge in [-0.05, 0) is 69.0 Å². The van der Waals surface area contributed by atoms with E-state index in [4.69, 9.17) is 21.6 Å². The van der Waals surface area contributed by atoms with E-state index < -0.39 is 17.0 Å². The second-order valence-electron chi connectivity index (χ2n) is 11.0. The van der Waals surface area contributed by atoms with Crippen molar-refractivity contribution in [1.29, 1.82) is 5.26 Å². The Kier molecular flexibility index (Phi) is 7.32. The van der Waals surface area contributed by atoms with E-state index >= 15 is 0 Å². The predicted molar refractivity (Wildman–Crippen MR) is 151 cm³/mol. The number of carbonyl (C=O) groups excluding carboxylic acids is 3. The molecule has 0 unspecified atom stereocenters. The van der Waals surface area contributed by atoms with Gasteiger partial charge in [0.05, 0.1) is 29.9 Å². The predicted octanol–water partition coefficient (Wildman–Crippen LogP) is 4.74. The van der Waals surface area contributed by atoms with Crippen LogP contribution in [0.3, 0.4) is 0 Å². The number of likely N-dealkylation sites (tertiary alicyclic amines) is 1. The number of nitrogens with zero attached hydrogens (tertiary/aromatic N) is 5. The minimum atomic E-state index is -1.27. The van der Waals surface area contributed by atoms with Crippen LogP contribution in [0.15, 0.2) is 42.7 Å². The second kappa shape index (κ2) is 10.6. The second-order valence-corrected chi connectivity index (χ2v) is 11.5. The first-order chi connectivity index (χ1) is 19.1. The first-order valence-electron chi connectivity index (χ1n) is 13.5. The number of carbonyl (C=O) groups is 3. The Bertz CT molecular complexity index is 1530. The molecule has 4 heterocycles. The molecule has 0 saturated carbocycles. The fraction of sp³-hybridized carbons (Fsp3) is 0.433. The van der Waals surface area contributed by atoms with Gasteiger partial charge in [-0.2, -0.15) is 5.26 Å². The molecule has 2 aromatic heterocycles. The number of anilines is 1. The van der Waals surface area contributed by atoms with Crippen molar-refractivity contribution in [2.45, 2.75) is 70.6 Å². The van der Waals surface area contributed by atoms with Crippen LogP contribution >= 0.6 is 11.6 Å². The van der Waals surface area contributed by atoms with Crippen LogP contribution in [0.2, 0.25) is 5.02 Å². The monoisotopic (exact) mass is 561 g/mol. The molecule has 1 spiro atoms. The van der Waals surface area contributed by atoms with Crippen LogP contribution in [0.5, 0.6) is 0 Å². The highest BCUT2D eigenvalue weighted by atomic mass is 35.5. The van der Waals surface area contributed by atoms with Crippen LogP contribution in [-0.4, -0.2) is 50.9 Å². The van der Waals surface area contributed by atoms with Crippen molar-refractivity contribution >= 4 is 46.0 Å². The summed E-state index contributed by atoms with van der Waals surface area (Å²) in [5.74, 6) is -0.786. The van der Waals surface area contributed by atoms with Crippen LogP contribution in [-0.2, 0) is 37.6 Å². The highest BCUT2D eigenvalue weighted by Crippen LogP contribution is 2.48. The van der Waals surface area contributed by atoms with Gasteiger partial charge in [0.25, 0.3) is 5.91 Å². The van der Waals surface area contributed by atoms with Gasteiger partial charge in [-0.1, -0.05) is 11.6 Å². The number of aryl methyl sites for hydroxylation is 1. The summed E-state index contributed by atoms with van der Waals surface area (Å²) in [7, 11) is 0. The van der Waals surface area contributed by atoms with Crippen molar-refractivity contribution in [3.63, 3.8) is 0 Å². The number of pyridine rings is 1. The van der Waals surface area contributed by atoms with Crippen molar-refractivity contribution < 1.29 is 19.1 Å². The summed E-state index contributed by atoms with van der Waals surface area (Å²) in [6.07, 6.45) is 5.50. The van der Waals surface area contributed by atoms with Crippen LogP contribution in [0, 0.1) is 11.3 Å². The number of ether oxygens (including phenoxy) is 1. The molecule has 0 radical (unpaired) electrons. The normalized spacial score (nSPS) is 16.3. The quantitative estimate of drug-likeness (QED) is 0.304. The lowest BCUT2D eigenvalue weighted by molar-refractivity contribution is -0.169. The third-order valence-electron chi connectivity index (χ3n) is 8.02. The third-order valence-corrected chi connectivity index (χ3v) is 8.25. The van der Waals surface area contributed by atoms with Gasteiger partial charge >= 0.3 is 5.97 Å². The van der Waals surface area contributed by atoms with E-state index in [0.717, 1.165) is 27.8 Å². The zero-order chi connectivity index (χ0) is 28.7. The molecule has 2 amide bonds. The number of nitriles is 1. The number of hydrogen-bond acceptors (Lipinski definition) is 6. The van der Waals surface area contributed by atoms with Crippen LogP contribution in [0.25, 0.3) is 10.9 Å². The molecule has 1 fully saturated rings. The molecule has 208 valence electrons. The molecular formula is C30H32ClN5O4. The summed E-state index contributed by atoms with van der Waals surface area (Å²) in [5.41, 5.74) is 1.62. The maximum absolute atomic E-state index is 14.3. The molecule has 9 nitrogen and oxygen atoms in total. The number of hydrogen-bond donors (Lipinski definition) is 0. The molecule has 0 N–H and O–H groups in total. The molecule has 40 heavy (non-hydrogen) atoms. The fourth-order valence-corrected chi connectivity index (χ4v) is 6.36. The first kappa shape index (κ1) is 27.7. The molecule has 0 aliphatic carbocycles. The van der Waals surface area contributed by atoms with Gasteiger partial charge < -0.3 is 19.1 Å². The average Bonchev–Trinajstić information content (AvgIpc) is 3.36. The van der Waals surface area contributed by atoms with E-state index in [0.29, 0.717) is 56.9 Å². The molecule has 1 saturated heterocycles. The summed E-state index contributed by atoms with van der Waals surface area (Å²) in [4.78, 5) is 46.8. The van der Waals surface area contributed by atoms with Gasteiger partial charge in [-0.3, -0.25) is 19.4 Å². The number of rotatable bonds is 7. The lowest BCUT2D eigenvalue weighted by Gasteiger charge is -2.40. The number of fused-ring (bicyclic) bond motifs is 3. The molecule has 3 aromatic rings. The van der Waals surface area contributed by atoms with Crippen molar-refractivity contribution in [1.82, 2.24) is 14.5 Å². The number of esters is 1. The Hall–Kier alpha value is -3.90. The maximum Gasteiger partial charge on any atom is 0.303 e. The SMILES string of the molecule is CC(=O)OC(C)(C)C(=O)N1CCC2(CC1)C(=O)N(Cc1cc3cc(Cl)ccc3n1CCCC#N)c1cnccc12. The Morgan fingerprint density at radius 3 is 2.65 bits per heavy atom. The third kappa shape index (κ3) is 4.81. The van der Waals surface area contributed by atoms with Gasteiger partial charge in [0.2, 0.25) is 5.91 Å². The number of benzene rings is 1. The van der Waals surface area contributed by atoms with E-state index in [1.807, 2.05) is 24.3 Å². The average molecular weight is 562 g/mol. The molecule has 0 atom stereocenters. The summed E-state index contributed by atoms with van der Waals surface area (Å²) in [6.45, 7) is 6.21. The van der Waals surface area contributed by atoms with Gasteiger partial charge in [-0.25, -0.2) is 0 Å². The number of unbranched alkanes of at least 4 members (excludes halogenated alkanes) is 1. The van der Waals surface area contributed by atoms with Gasteiger partial charge in [0.15, 0.2) is 5.60 Å². The Morgan fingerprint density at radius 2 is 1.95 bits per heavy atom. The van der Waals surface area contributed by atoms with Crippen molar-refractivity contribution in [3.8, 4) is 6.07 Å². The minimum Gasteiger partial charge on any atom is -0.450 e. The number of amides is 2. The lowest BCUT2D eigenvalue weighted by Crippen LogP contribution is -2.54. The van der Waals surface area contributed by atoms with Crippen molar-refractivity contribution in [3.05, 3.63) is 59.0 Å². The Balaban J connectivity index is 1.43. The zero-order valence-corrected chi connectivity index (χ0v) is 23.7. The number of aromatic nitrogens is 2. The number of halogens is 1. The smallest absolute Gasteiger partial charge is 0.303 e.